The van der Waals surface area contributed by atoms with Gasteiger partial charge in [0.1, 0.15) is 29.3 Å². The van der Waals surface area contributed by atoms with Gasteiger partial charge in [0, 0.05) is 12.0 Å². The Kier molecular flexibility index (Phi) is 4.79. The fourth-order valence-corrected chi connectivity index (χ4v) is 3.11. The number of carbonyl (C=O) groups is 1. The predicted octanol–water partition coefficient (Wildman–Crippen LogP) is 3.69. The Morgan fingerprint density at radius 3 is 2.33 bits per heavy atom. The van der Waals surface area contributed by atoms with Gasteiger partial charge in [-0.2, -0.15) is 0 Å². The number of benzene rings is 2. The van der Waals surface area contributed by atoms with Crippen LogP contribution in [0.4, 0.5) is 0 Å². The first kappa shape index (κ1) is 17.5. The quantitative estimate of drug-likeness (QED) is 0.604. The fourth-order valence-electron chi connectivity index (χ4n) is 3.11. The molecular weight excluding hydrogens is 344 g/mol. The summed E-state index contributed by atoms with van der Waals surface area (Å²) in [6.07, 6.45) is 0.811. The second kappa shape index (κ2) is 7.39. The highest BCUT2D eigenvalue weighted by atomic mass is 16.6. The van der Waals surface area contributed by atoms with Crippen LogP contribution in [-0.2, 0) is 9.47 Å². The molecule has 2 aliphatic rings. The second-order valence-electron chi connectivity index (χ2n) is 6.66. The molecule has 4 rings (SSSR count). The number of allylic oxidation sites excluding steroid dienone is 1. The number of epoxide rings is 1. The lowest BCUT2D eigenvalue weighted by molar-refractivity contribution is 0.0860. The minimum absolute atomic E-state index is 0.0251. The van der Waals surface area contributed by atoms with Crippen LogP contribution in [0.2, 0.25) is 0 Å². The van der Waals surface area contributed by atoms with Gasteiger partial charge >= 0.3 is 0 Å². The van der Waals surface area contributed by atoms with E-state index in [9.17, 15) is 15.0 Å². The molecule has 2 heterocycles. The van der Waals surface area contributed by atoms with Gasteiger partial charge in [-0.1, -0.05) is 60.7 Å². The van der Waals surface area contributed by atoms with Crippen LogP contribution in [0, 0.1) is 5.92 Å². The van der Waals surface area contributed by atoms with Gasteiger partial charge in [-0.05, 0) is 11.6 Å². The second-order valence-corrected chi connectivity index (χ2v) is 6.66. The molecule has 3 atom stereocenters. The smallest absolute Gasteiger partial charge is 0.177 e. The third kappa shape index (κ3) is 3.79. The molecule has 2 aromatic rings. The molecular formula is C22H20O5. The van der Waals surface area contributed by atoms with Crippen LogP contribution in [0.15, 0.2) is 84.0 Å². The van der Waals surface area contributed by atoms with Crippen molar-refractivity contribution in [1.82, 2.24) is 0 Å². The van der Waals surface area contributed by atoms with Crippen LogP contribution in [-0.4, -0.2) is 28.7 Å². The summed E-state index contributed by atoms with van der Waals surface area (Å²) < 4.78 is 11.0. The Hall–Kier alpha value is -2.89. The van der Waals surface area contributed by atoms with Crippen LogP contribution in [0.1, 0.15) is 28.4 Å². The summed E-state index contributed by atoms with van der Waals surface area (Å²) in [6, 6.07) is 17.8. The van der Waals surface area contributed by atoms with Crippen LogP contribution in [0.3, 0.4) is 0 Å². The first-order valence-electron chi connectivity index (χ1n) is 8.89. The van der Waals surface area contributed by atoms with Gasteiger partial charge in [-0.3, -0.25) is 4.79 Å². The largest absolute Gasteiger partial charge is 0.508 e. The molecule has 1 saturated heterocycles. The molecule has 5 heteroatoms. The predicted molar refractivity (Wildman–Crippen MR) is 98.8 cm³/mol. The van der Waals surface area contributed by atoms with Gasteiger partial charge < -0.3 is 19.7 Å². The molecule has 2 N–H and O–H groups in total. The average Bonchev–Trinajstić information content (AvgIpc) is 3.54. The monoisotopic (exact) mass is 364 g/mol. The number of ketones is 1. The molecule has 0 saturated carbocycles. The maximum Gasteiger partial charge on any atom is 0.177 e. The van der Waals surface area contributed by atoms with Crippen molar-refractivity contribution in [1.29, 1.82) is 0 Å². The lowest BCUT2D eigenvalue weighted by Crippen LogP contribution is -2.23. The van der Waals surface area contributed by atoms with Gasteiger partial charge in [0.15, 0.2) is 5.78 Å². The van der Waals surface area contributed by atoms with E-state index in [2.05, 4.69) is 0 Å². The average molecular weight is 364 g/mol. The third-order valence-electron chi connectivity index (χ3n) is 4.69. The zero-order chi connectivity index (χ0) is 18.8. The molecule has 0 spiro atoms. The maximum absolute atomic E-state index is 13.0. The third-order valence-corrected chi connectivity index (χ3v) is 4.69. The maximum atomic E-state index is 13.0. The first-order chi connectivity index (χ1) is 13.1. The number of Topliss-reactive ketones (excluding diaryl/α,β-unsaturated/α-hetero) is 1. The zero-order valence-corrected chi connectivity index (χ0v) is 14.6. The van der Waals surface area contributed by atoms with E-state index in [-0.39, 0.29) is 29.2 Å². The summed E-state index contributed by atoms with van der Waals surface area (Å²) in [5.41, 5.74) is 1.14. The van der Waals surface area contributed by atoms with Gasteiger partial charge in [-0.15, -0.1) is 0 Å². The van der Waals surface area contributed by atoms with Gasteiger partial charge in [0.25, 0.3) is 0 Å². The number of carbonyl (C=O) groups excluding carboxylic acids is 1. The Bertz CT molecular complexity index is 881. The highest BCUT2D eigenvalue weighted by Gasteiger charge is 2.36. The summed E-state index contributed by atoms with van der Waals surface area (Å²) in [7, 11) is 0. The number of hydrogen-bond acceptors (Lipinski definition) is 5. The van der Waals surface area contributed by atoms with E-state index >= 15 is 0 Å². The van der Waals surface area contributed by atoms with Crippen LogP contribution in [0.25, 0.3) is 0 Å². The number of hydrogen-bond donors (Lipinski definition) is 2. The van der Waals surface area contributed by atoms with Crippen molar-refractivity contribution in [2.75, 3.05) is 6.61 Å². The topological polar surface area (TPSA) is 79.3 Å². The molecule has 27 heavy (non-hydrogen) atoms. The Labute approximate surface area is 157 Å². The summed E-state index contributed by atoms with van der Waals surface area (Å²) in [5, 5.41) is 21.4. The molecule has 0 aliphatic carbocycles. The normalized spacial score (nSPS) is 22.6. The van der Waals surface area contributed by atoms with Crippen LogP contribution >= 0.6 is 0 Å². The van der Waals surface area contributed by atoms with E-state index in [0.29, 0.717) is 24.2 Å². The first-order valence-corrected chi connectivity index (χ1v) is 8.89. The molecule has 5 nitrogen and oxygen atoms in total. The molecule has 0 aromatic heterocycles. The van der Waals surface area contributed by atoms with Crippen molar-refractivity contribution >= 4 is 5.78 Å². The lowest BCUT2D eigenvalue weighted by Gasteiger charge is -2.26. The number of ether oxygens (including phenoxy) is 2. The molecule has 0 amide bonds. The Morgan fingerprint density at radius 1 is 1.07 bits per heavy atom. The fraction of sp³-hybridized carbons (Fsp3) is 0.227. The molecule has 2 aromatic carbocycles. The van der Waals surface area contributed by atoms with Crippen molar-refractivity contribution in [3.05, 3.63) is 95.1 Å². The molecule has 0 radical (unpaired) electrons. The number of rotatable bonds is 6. The van der Waals surface area contributed by atoms with Crippen molar-refractivity contribution < 1.29 is 24.5 Å². The molecule has 3 unspecified atom stereocenters. The van der Waals surface area contributed by atoms with Gasteiger partial charge in [0.2, 0.25) is 0 Å². The van der Waals surface area contributed by atoms with E-state index < -0.39 is 12.0 Å². The summed E-state index contributed by atoms with van der Waals surface area (Å²) in [6.45, 7) is 0.595. The minimum atomic E-state index is -1.03. The van der Waals surface area contributed by atoms with Crippen molar-refractivity contribution in [2.45, 2.75) is 18.6 Å². The van der Waals surface area contributed by atoms with Gasteiger partial charge in [-0.25, -0.2) is 0 Å². The summed E-state index contributed by atoms with van der Waals surface area (Å²) >= 11 is 0. The highest BCUT2D eigenvalue weighted by Crippen LogP contribution is 2.37. The molecule has 138 valence electrons. The van der Waals surface area contributed by atoms with E-state index in [1.807, 2.05) is 24.3 Å². The standard InChI is InChI=1S/C22H20O5/c23-20(14-7-3-1-4-8-14)17-12-19(21(24)15-9-5-2-6-10-15)27-18(22(17)25)11-16-13-26-16/h1-10,12,16-17,21,24-25H,11,13H2. The van der Waals surface area contributed by atoms with E-state index in [1.165, 1.54) is 6.08 Å². The van der Waals surface area contributed by atoms with Crippen LogP contribution in [0.5, 0.6) is 0 Å². The zero-order valence-electron chi connectivity index (χ0n) is 14.6. The van der Waals surface area contributed by atoms with Crippen LogP contribution < -0.4 is 0 Å². The Balaban J connectivity index is 1.68. The Morgan fingerprint density at radius 2 is 1.70 bits per heavy atom. The van der Waals surface area contributed by atoms with Gasteiger partial charge in [0.05, 0.1) is 12.7 Å². The van der Waals surface area contributed by atoms with E-state index in [0.717, 1.165) is 0 Å². The highest BCUT2D eigenvalue weighted by molar-refractivity contribution is 6.00. The van der Waals surface area contributed by atoms with Crippen molar-refractivity contribution in [3.63, 3.8) is 0 Å². The van der Waals surface area contributed by atoms with Crippen molar-refractivity contribution in [3.8, 4) is 0 Å². The molecule has 1 fully saturated rings. The summed E-state index contributed by atoms with van der Waals surface area (Å²) in [4.78, 5) is 13.0. The molecule has 2 aliphatic heterocycles. The van der Waals surface area contributed by atoms with E-state index in [4.69, 9.17) is 9.47 Å². The van der Waals surface area contributed by atoms with Crippen molar-refractivity contribution in [2.24, 2.45) is 5.92 Å². The summed E-state index contributed by atoms with van der Waals surface area (Å²) in [5.74, 6) is -0.752. The lowest BCUT2D eigenvalue weighted by atomic mass is 9.91. The SMILES string of the molecule is O=C(c1ccccc1)C1C=C(C(O)c2ccccc2)OC(CC2CO2)=C1O. The van der Waals surface area contributed by atoms with E-state index in [1.54, 1.807) is 36.4 Å². The molecule has 0 bridgehead atoms. The number of aliphatic hydroxyl groups is 2. The minimum Gasteiger partial charge on any atom is -0.508 e. The number of aliphatic hydroxyl groups excluding tert-OH is 2.